The Kier molecular flexibility index (Phi) is 4.81. The van der Waals surface area contributed by atoms with Crippen molar-refractivity contribution < 1.29 is 4.79 Å². The summed E-state index contributed by atoms with van der Waals surface area (Å²) < 4.78 is 0. The van der Waals surface area contributed by atoms with Gasteiger partial charge in [-0.05, 0) is 43.4 Å². The third-order valence-electron chi connectivity index (χ3n) is 3.95. The zero-order chi connectivity index (χ0) is 16.2. The molecule has 2 aromatic heterocycles. The van der Waals surface area contributed by atoms with Gasteiger partial charge in [0.15, 0.2) is 0 Å². The summed E-state index contributed by atoms with van der Waals surface area (Å²) in [6.45, 7) is 2.23. The summed E-state index contributed by atoms with van der Waals surface area (Å²) in [5.41, 5.74) is 1.45. The fourth-order valence-electron chi connectivity index (χ4n) is 2.70. The van der Waals surface area contributed by atoms with Crippen LogP contribution in [-0.2, 0) is 6.54 Å². The van der Waals surface area contributed by atoms with Crippen LogP contribution in [0.3, 0.4) is 0 Å². The Balaban J connectivity index is 1.90. The number of carbonyl (C=O) groups excluding carboxylic acids is 1. The maximum atomic E-state index is 12.9. The second kappa shape index (κ2) is 7.00. The molecule has 2 aromatic rings. The third kappa shape index (κ3) is 3.64. The van der Waals surface area contributed by atoms with Crippen molar-refractivity contribution in [2.24, 2.45) is 0 Å². The van der Waals surface area contributed by atoms with E-state index in [1.54, 1.807) is 30.2 Å². The Morgan fingerprint density at radius 1 is 1.39 bits per heavy atom. The number of carbonyl (C=O) groups is 1. The first kappa shape index (κ1) is 15.8. The first-order valence-electron chi connectivity index (χ1n) is 7.63. The first-order valence-corrected chi connectivity index (χ1v) is 8.79. The van der Waals surface area contributed by atoms with Crippen LogP contribution in [-0.4, -0.2) is 38.3 Å². The number of nitrogens with one attached hydrogen (secondary N) is 1. The van der Waals surface area contributed by atoms with Crippen molar-refractivity contribution in [3.63, 3.8) is 0 Å². The summed E-state index contributed by atoms with van der Waals surface area (Å²) >= 11 is 1.84. The van der Waals surface area contributed by atoms with Gasteiger partial charge in [-0.1, -0.05) is 6.07 Å². The predicted molar refractivity (Wildman–Crippen MR) is 91.6 cm³/mol. The molecule has 0 unspecified atom stereocenters. The molecule has 1 aliphatic heterocycles. The second-order valence-corrected chi connectivity index (χ2v) is 6.81. The largest absolute Gasteiger partial charge is 0.329 e. The number of pyridine rings is 2. The topological polar surface area (TPSA) is 66.1 Å². The van der Waals surface area contributed by atoms with Crippen molar-refractivity contribution >= 4 is 17.7 Å². The quantitative estimate of drug-likeness (QED) is 0.934. The lowest BCUT2D eigenvalue weighted by molar-refractivity contribution is 0.0676. The minimum absolute atomic E-state index is 0.148. The van der Waals surface area contributed by atoms with E-state index in [9.17, 15) is 9.59 Å². The summed E-state index contributed by atoms with van der Waals surface area (Å²) in [5.74, 6) is 1.73. The van der Waals surface area contributed by atoms with Gasteiger partial charge in [-0.3, -0.25) is 14.6 Å². The molecule has 0 aromatic carbocycles. The molecule has 3 rings (SSSR count). The first-order chi connectivity index (χ1) is 11.1. The molecule has 3 heterocycles. The molecule has 1 aliphatic rings. The molecule has 120 valence electrons. The highest BCUT2D eigenvalue weighted by atomic mass is 32.2. The van der Waals surface area contributed by atoms with Crippen LogP contribution in [0.2, 0.25) is 0 Å². The van der Waals surface area contributed by atoms with Crippen LogP contribution >= 0.6 is 11.8 Å². The Morgan fingerprint density at radius 3 is 2.91 bits per heavy atom. The number of thioether (sulfide) groups is 1. The van der Waals surface area contributed by atoms with Crippen molar-refractivity contribution in [2.45, 2.75) is 25.9 Å². The van der Waals surface area contributed by atoms with Gasteiger partial charge in [0.1, 0.15) is 5.56 Å². The number of aryl methyl sites for hydroxylation is 1. The number of amides is 1. The number of aromatic amines is 1. The number of rotatable bonds is 4. The zero-order valence-corrected chi connectivity index (χ0v) is 13.8. The number of hydrogen-bond donors (Lipinski definition) is 1. The highest BCUT2D eigenvalue weighted by Gasteiger charge is 2.29. The number of aromatic nitrogens is 2. The molecule has 23 heavy (non-hydrogen) atoms. The molecule has 1 N–H and O–H groups in total. The van der Waals surface area contributed by atoms with Crippen LogP contribution in [0.5, 0.6) is 0 Å². The van der Waals surface area contributed by atoms with Crippen LogP contribution in [0, 0.1) is 6.92 Å². The van der Waals surface area contributed by atoms with Crippen LogP contribution in [0.1, 0.15) is 28.2 Å². The van der Waals surface area contributed by atoms with E-state index >= 15 is 0 Å². The van der Waals surface area contributed by atoms with Gasteiger partial charge in [0.2, 0.25) is 0 Å². The Bertz CT molecular complexity index is 739. The molecule has 0 aliphatic carbocycles. The van der Waals surface area contributed by atoms with Crippen molar-refractivity contribution in [3.8, 4) is 0 Å². The van der Waals surface area contributed by atoms with Crippen LogP contribution in [0.25, 0.3) is 0 Å². The molecule has 0 spiro atoms. The zero-order valence-electron chi connectivity index (χ0n) is 13.0. The lowest BCUT2D eigenvalue weighted by Gasteiger charge is -2.28. The van der Waals surface area contributed by atoms with Crippen molar-refractivity contribution in [2.75, 3.05) is 11.5 Å². The fraction of sp³-hybridized carbons (Fsp3) is 0.353. The second-order valence-electron chi connectivity index (χ2n) is 5.66. The van der Waals surface area contributed by atoms with Gasteiger partial charge in [0.05, 0.1) is 12.2 Å². The normalized spacial score (nSPS) is 17.2. The predicted octanol–water partition coefficient (Wildman–Crippen LogP) is 2.23. The van der Waals surface area contributed by atoms with E-state index in [2.05, 4.69) is 9.97 Å². The Labute approximate surface area is 139 Å². The monoisotopic (exact) mass is 329 g/mol. The van der Waals surface area contributed by atoms with Crippen molar-refractivity contribution in [3.05, 3.63) is 63.8 Å². The minimum atomic E-state index is -0.327. The minimum Gasteiger partial charge on any atom is -0.329 e. The summed E-state index contributed by atoms with van der Waals surface area (Å²) in [7, 11) is 0. The van der Waals surface area contributed by atoms with Gasteiger partial charge >= 0.3 is 0 Å². The molecule has 0 bridgehead atoms. The van der Waals surface area contributed by atoms with Gasteiger partial charge in [0, 0.05) is 23.7 Å². The molecule has 5 nitrogen and oxygen atoms in total. The Morgan fingerprint density at radius 2 is 2.26 bits per heavy atom. The van der Waals surface area contributed by atoms with Gasteiger partial charge in [-0.2, -0.15) is 11.8 Å². The lowest BCUT2D eigenvalue weighted by atomic mass is 10.1. The van der Waals surface area contributed by atoms with E-state index in [1.165, 1.54) is 0 Å². The van der Waals surface area contributed by atoms with Crippen molar-refractivity contribution in [1.29, 1.82) is 0 Å². The molecular formula is C17H19N3O2S. The number of nitrogens with zero attached hydrogens (tertiary/aromatic N) is 2. The van der Waals surface area contributed by atoms with E-state index in [0.717, 1.165) is 29.3 Å². The highest BCUT2D eigenvalue weighted by Crippen LogP contribution is 2.24. The third-order valence-corrected chi connectivity index (χ3v) is 5.10. The highest BCUT2D eigenvalue weighted by molar-refractivity contribution is 7.99. The molecule has 0 saturated carbocycles. The molecular weight excluding hydrogens is 310 g/mol. The average Bonchev–Trinajstić information content (AvgIpc) is 3.07. The van der Waals surface area contributed by atoms with Crippen LogP contribution < -0.4 is 5.56 Å². The van der Waals surface area contributed by atoms with Crippen molar-refractivity contribution in [1.82, 2.24) is 14.9 Å². The van der Waals surface area contributed by atoms with E-state index in [4.69, 9.17) is 0 Å². The van der Waals surface area contributed by atoms with E-state index in [1.807, 2.05) is 30.0 Å². The SMILES string of the molecule is Cc1ccc(C(=O)N(Cc2ccccn2)[C@@H]2CCSC2)c(=O)[nH]1. The maximum Gasteiger partial charge on any atom is 0.260 e. The summed E-state index contributed by atoms with van der Waals surface area (Å²) in [4.78, 5) is 33.9. The van der Waals surface area contributed by atoms with E-state index in [0.29, 0.717) is 6.54 Å². The van der Waals surface area contributed by atoms with Gasteiger partial charge < -0.3 is 9.88 Å². The molecule has 6 heteroatoms. The molecule has 1 saturated heterocycles. The lowest BCUT2D eigenvalue weighted by Crippen LogP contribution is -2.42. The number of H-pyrrole nitrogens is 1. The summed E-state index contributed by atoms with van der Waals surface area (Å²) in [5, 5.41) is 0. The Hall–Kier alpha value is -2.08. The standard InChI is InChI=1S/C17H19N3O2S/c1-12-5-6-15(16(21)19-12)17(22)20(14-7-9-23-11-14)10-13-4-2-3-8-18-13/h2-6,8,14H,7,9-11H2,1H3,(H,19,21)/t14-/m1/s1. The number of hydrogen-bond acceptors (Lipinski definition) is 4. The molecule has 1 atom stereocenters. The van der Waals surface area contributed by atoms with Crippen LogP contribution in [0.15, 0.2) is 41.3 Å². The van der Waals surface area contributed by atoms with E-state index < -0.39 is 0 Å². The summed E-state index contributed by atoms with van der Waals surface area (Å²) in [6.07, 6.45) is 2.67. The van der Waals surface area contributed by atoms with Gasteiger partial charge in [-0.25, -0.2) is 0 Å². The van der Waals surface area contributed by atoms with Gasteiger partial charge in [-0.15, -0.1) is 0 Å². The summed E-state index contributed by atoms with van der Waals surface area (Å²) in [6, 6.07) is 9.19. The van der Waals surface area contributed by atoms with E-state index in [-0.39, 0.29) is 23.1 Å². The fourth-order valence-corrected chi connectivity index (χ4v) is 3.92. The molecule has 0 radical (unpaired) electrons. The average molecular weight is 329 g/mol. The van der Waals surface area contributed by atoms with Crippen LogP contribution in [0.4, 0.5) is 0 Å². The van der Waals surface area contributed by atoms with Gasteiger partial charge in [0.25, 0.3) is 11.5 Å². The maximum absolute atomic E-state index is 12.9. The molecule has 1 fully saturated rings. The smallest absolute Gasteiger partial charge is 0.260 e. The molecule has 1 amide bonds.